The molecule has 15 heavy (non-hydrogen) atoms. The van der Waals surface area contributed by atoms with Crippen LogP contribution in [-0.2, 0) is 0 Å². The van der Waals surface area contributed by atoms with Crippen LogP contribution in [0.3, 0.4) is 0 Å². The minimum Gasteiger partial charge on any atom is -0.393 e. The summed E-state index contributed by atoms with van der Waals surface area (Å²) in [5.74, 6) is 1.48. The topological polar surface area (TPSA) is 29.3 Å². The van der Waals surface area contributed by atoms with Gasteiger partial charge in [0.1, 0.15) is 0 Å². The van der Waals surface area contributed by atoms with Crippen LogP contribution in [0.4, 0.5) is 0 Å². The quantitative estimate of drug-likeness (QED) is 0.650. The second-order valence-corrected chi connectivity index (χ2v) is 5.62. The van der Waals surface area contributed by atoms with Crippen LogP contribution in [0.5, 0.6) is 0 Å². The predicted octanol–water partition coefficient (Wildman–Crippen LogP) is 2.67. The summed E-state index contributed by atoms with van der Waals surface area (Å²) in [4.78, 5) is 3.11. The van der Waals surface area contributed by atoms with Gasteiger partial charge in [0.15, 0.2) is 0 Å². The molecule has 0 aliphatic carbocycles. The Morgan fingerprint density at radius 3 is 2.13 bits per heavy atom. The maximum Gasteiger partial charge on any atom is 0.0740 e. The van der Waals surface area contributed by atoms with Gasteiger partial charge >= 0.3 is 0 Å². The van der Waals surface area contributed by atoms with Crippen molar-refractivity contribution in [1.29, 1.82) is 0 Å². The molecular weight excluding hydrogens is 204 g/mol. The standard InChI is InChI=1S/C12H26N2S/c1-10(2)5-7-14(9-11(3)4)8-6-12(13)15/h10-11H,5-9H2,1-4H3,(H2,13,15). The maximum atomic E-state index is 5.53. The van der Waals surface area contributed by atoms with E-state index in [1.807, 2.05) is 0 Å². The molecule has 0 rings (SSSR count). The summed E-state index contributed by atoms with van der Waals surface area (Å²) < 4.78 is 0. The third-order valence-electron chi connectivity index (χ3n) is 2.32. The van der Waals surface area contributed by atoms with Crippen LogP contribution in [0.1, 0.15) is 40.5 Å². The van der Waals surface area contributed by atoms with Gasteiger partial charge in [-0.05, 0) is 24.8 Å². The number of hydrogen-bond donors (Lipinski definition) is 1. The highest BCUT2D eigenvalue weighted by atomic mass is 32.1. The average molecular weight is 230 g/mol. The molecule has 0 aliphatic heterocycles. The minimum atomic E-state index is 0.633. The largest absolute Gasteiger partial charge is 0.393 e. The van der Waals surface area contributed by atoms with E-state index in [1.165, 1.54) is 13.0 Å². The molecule has 2 nitrogen and oxygen atoms in total. The van der Waals surface area contributed by atoms with Gasteiger partial charge < -0.3 is 10.6 Å². The van der Waals surface area contributed by atoms with Crippen LogP contribution in [0.15, 0.2) is 0 Å². The Hall–Kier alpha value is -0.150. The van der Waals surface area contributed by atoms with E-state index in [4.69, 9.17) is 18.0 Å². The summed E-state index contributed by atoms with van der Waals surface area (Å²) in [6.07, 6.45) is 2.10. The maximum absolute atomic E-state index is 5.53. The molecule has 0 aromatic heterocycles. The highest BCUT2D eigenvalue weighted by Crippen LogP contribution is 2.06. The molecule has 0 fully saturated rings. The molecule has 0 aliphatic rings. The lowest BCUT2D eigenvalue weighted by Crippen LogP contribution is -2.32. The molecule has 0 radical (unpaired) electrons. The van der Waals surface area contributed by atoms with E-state index in [2.05, 4.69) is 32.6 Å². The lowest BCUT2D eigenvalue weighted by molar-refractivity contribution is 0.237. The highest BCUT2D eigenvalue weighted by molar-refractivity contribution is 7.80. The molecule has 90 valence electrons. The van der Waals surface area contributed by atoms with Gasteiger partial charge in [-0.1, -0.05) is 39.9 Å². The lowest BCUT2D eigenvalue weighted by Gasteiger charge is -2.24. The zero-order valence-electron chi connectivity index (χ0n) is 10.6. The first-order chi connectivity index (χ1) is 6.91. The number of hydrogen-bond acceptors (Lipinski definition) is 2. The van der Waals surface area contributed by atoms with E-state index in [-0.39, 0.29) is 0 Å². The molecule has 0 aromatic rings. The van der Waals surface area contributed by atoms with Crippen LogP contribution in [0.25, 0.3) is 0 Å². The van der Waals surface area contributed by atoms with Gasteiger partial charge in [-0.3, -0.25) is 0 Å². The Morgan fingerprint density at radius 1 is 1.13 bits per heavy atom. The van der Waals surface area contributed by atoms with Crippen molar-refractivity contribution in [3.05, 3.63) is 0 Å². The van der Waals surface area contributed by atoms with Crippen LogP contribution >= 0.6 is 12.2 Å². The highest BCUT2D eigenvalue weighted by Gasteiger charge is 2.08. The van der Waals surface area contributed by atoms with Crippen LogP contribution < -0.4 is 5.73 Å². The fraction of sp³-hybridized carbons (Fsp3) is 0.917. The smallest absolute Gasteiger partial charge is 0.0740 e. The van der Waals surface area contributed by atoms with Crippen LogP contribution in [0.2, 0.25) is 0 Å². The molecule has 0 spiro atoms. The van der Waals surface area contributed by atoms with E-state index in [0.29, 0.717) is 10.9 Å². The molecule has 0 bridgehead atoms. The monoisotopic (exact) mass is 230 g/mol. The van der Waals surface area contributed by atoms with Crippen molar-refractivity contribution >= 4 is 17.2 Å². The molecule has 0 amide bonds. The van der Waals surface area contributed by atoms with Crippen molar-refractivity contribution < 1.29 is 0 Å². The first kappa shape index (κ1) is 14.8. The fourth-order valence-electron chi connectivity index (χ4n) is 1.52. The first-order valence-electron chi connectivity index (χ1n) is 5.92. The van der Waals surface area contributed by atoms with Crippen molar-refractivity contribution in [2.45, 2.75) is 40.5 Å². The Morgan fingerprint density at radius 2 is 1.73 bits per heavy atom. The molecule has 0 atom stereocenters. The molecule has 0 heterocycles. The van der Waals surface area contributed by atoms with Gasteiger partial charge in [0, 0.05) is 19.5 Å². The second-order valence-electron chi connectivity index (χ2n) is 5.09. The van der Waals surface area contributed by atoms with Crippen molar-refractivity contribution in [3.8, 4) is 0 Å². The van der Waals surface area contributed by atoms with Crippen molar-refractivity contribution in [2.24, 2.45) is 17.6 Å². The Balaban J connectivity index is 3.89. The molecule has 3 heteroatoms. The van der Waals surface area contributed by atoms with E-state index < -0.39 is 0 Å². The molecule has 0 saturated heterocycles. The van der Waals surface area contributed by atoms with Gasteiger partial charge in [-0.15, -0.1) is 0 Å². The molecule has 0 aromatic carbocycles. The van der Waals surface area contributed by atoms with Gasteiger partial charge in [0.2, 0.25) is 0 Å². The number of nitrogens with two attached hydrogens (primary N) is 1. The van der Waals surface area contributed by atoms with E-state index >= 15 is 0 Å². The average Bonchev–Trinajstić information content (AvgIpc) is 2.08. The predicted molar refractivity (Wildman–Crippen MR) is 72.1 cm³/mol. The van der Waals surface area contributed by atoms with E-state index in [9.17, 15) is 0 Å². The van der Waals surface area contributed by atoms with E-state index in [1.54, 1.807) is 0 Å². The summed E-state index contributed by atoms with van der Waals surface area (Å²) in [5, 5.41) is 0. The Kier molecular flexibility index (Phi) is 7.97. The molecule has 0 unspecified atom stereocenters. The molecule has 2 N–H and O–H groups in total. The lowest BCUT2D eigenvalue weighted by atomic mass is 10.1. The van der Waals surface area contributed by atoms with Gasteiger partial charge in [-0.25, -0.2) is 0 Å². The van der Waals surface area contributed by atoms with Gasteiger partial charge in [-0.2, -0.15) is 0 Å². The summed E-state index contributed by atoms with van der Waals surface area (Å²) in [7, 11) is 0. The van der Waals surface area contributed by atoms with Gasteiger partial charge in [0.25, 0.3) is 0 Å². The summed E-state index contributed by atoms with van der Waals surface area (Å²) in [6.45, 7) is 12.4. The Bertz CT molecular complexity index is 178. The third kappa shape index (κ3) is 10.1. The molecular formula is C12H26N2S. The van der Waals surface area contributed by atoms with Crippen molar-refractivity contribution in [3.63, 3.8) is 0 Å². The normalized spacial score (nSPS) is 11.7. The van der Waals surface area contributed by atoms with E-state index in [0.717, 1.165) is 25.4 Å². The van der Waals surface area contributed by atoms with Crippen molar-refractivity contribution in [1.82, 2.24) is 4.90 Å². The summed E-state index contributed by atoms with van der Waals surface area (Å²) >= 11 is 4.91. The fourth-order valence-corrected chi connectivity index (χ4v) is 1.61. The first-order valence-corrected chi connectivity index (χ1v) is 6.33. The van der Waals surface area contributed by atoms with Crippen molar-refractivity contribution in [2.75, 3.05) is 19.6 Å². The SMILES string of the molecule is CC(C)CCN(CCC(N)=S)CC(C)C. The zero-order valence-corrected chi connectivity index (χ0v) is 11.4. The van der Waals surface area contributed by atoms with Crippen LogP contribution in [-0.4, -0.2) is 29.5 Å². The van der Waals surface area contributed by atoms with Gasteiger partial charge in [0.05, 0.1) is 4.99 Å². The zero-order chi connectivity index (χ0) is 11.8. The summed E-state index contributed by atoms with van der Waals surface area (Å²) in [6, 6.07) is 0. The summed E-state index contributed by atoms with van der Waals surface area (Å²) in [5.41, 5.74) is 5.53. The van der Waals surface area contributed by atoms with Crippen LogP contribution in [0, 0.1) is 11.8 Å². The Labute approximate surface area is 100 Å². The molecule has 0 saturated carbocycles. The minimum absolute atomic E-state index is 0.633. The number of rotatable bonds is 8. The number of nitrogens with zero attached hydrogens (tertiary/aromatic N) is 1. The number of thiocarbonyl (C=S) groups is 1. The third-order valence-corrected chi connectivity index (χ3v) is 2.52. The second kappa shape index (κ2) is 8.05.